The van der Waals surface area contributed by atoms with E-state index in [9.17, 15) is 13.2 Å². The van der Waals surface area contributed by atoms with E-state index in [-0.39, 0.29) is 0 Å². The molecule has 1 heterocycles. The largest absolute Gasteiger partial charge is 0.418 e. The van der Waals surface area contributed by atoms with Gasteiger partial charge in [0.05, 0.1) is 0 Å². The van der Waals surface area contributed by atoms with Gasteiger partial charge in [-0.15, -0.1) is 0 Å². The van der Waals surface area contributed by atoms with Crippen LogP contribution >= 0.6 is 0 Å². The number of hydrogen-bond acceptors (Lipinski definition) is 1. The summed E-state index contributed by atoms with van der Waals surface area (Å²) in [6.07, 6.45) is -3.58. The Bertz CT molecular complexity index is 161. The molecule has 1 fully saturated rings. The second-order valence-electron chi connectivity index (χ2n) is 3.46. The van der Waals surface area contributed by atoms with Crippen molar-refractivity contribution in [3.8, 4) is 0 Å². The predicted octanol–water partition coefficient (Wildman–Crippen LogP) is 2.32. The van der Waals surface area contributed by atoms with Gasteiger partial charge in [-0.25, -0.2) is 4.39 Å². The number of rotatable bonds is 0. The van der Waals surface area contributed by atoms with Gasteiger partial charge in [-0.05, 0) is 0 Å². The van der Waals surface area contributed by atoms with E-state index < -0.39 is 17.4 Å². The number of halogens is 3. The second kappa shape index (κ2) is 1.49. The van der Waals surface area contributed by atoms with Crippen LogP contribution in [0.25, 0.3) is 0 Å². The third-order valence-corrected chi connectivity index (χ3v) is 1.57. The highest BCUT2D eigenvalue weighted by Crippen LogP contribution is 2.61. The maximum Gasteiger partial charge on any atom is 0.418 e. The summed E-state index contributed by atoms with van der Waals surface area (Å²) in [6, 6.07) is 0. The van der Waals surface area contributed by atoms with E-state index >= 15 is 0 Å². The molecule has 1 nitrogen and oxygen atoms in total. The van der Waals surface area contributed by atoms with Gasteiger partial charge in [0.25, 0.3) is 0 Å². The lowest BCUT2D eigenvalue weighted by molar-refractivity contribution is -0.0134. The van der Waals surface area contributed by atoms with Gasteiger partial charge in [-0.3, -0.25) is 4.74 Å². The van der Waals surface area contributed by atoms with Gasteiger partial charge in [0.1, 0.15) is 0 Å². The van der Waals surface area contributed by atoms with Crippen molar-refractivity contribution in [3.63, 3.8) is 0 Å². The minimum absolute atomic E-state index is 1.16. The van der Waals surface area contributed by atoms with Crippen LogP contribution in [0.3, 0.4) is 0 Å². The molecule has 0 aliphatic carbocycles. The van der Waals surface area contributed by atoms with Crippen molar-refractivity contribution in [2.75, 3.05) is 0 Å². The van der Waals surface area contributed by atoms with E-state index in [1.807, 2.05) is 0 Å². The van der Waals surface area contributed by atoms with Gasteiger partial charge in [-0.1, -0.05) is 20.8 Å². The van der Waals surface area contributed by atoms with Crippen molar-refractivity contribution >= 4 is 0 Å². The summed E-state index contributed by atoms with van der Waals surface area (Å²) in [4.78, 5) is 0. The monoisotopic (exact) mass is 154 g/mol. The lowest BCUT2D eigenvalue weighted by atomic mass is 9.90. The molecule has 1 saturated heterocycles. The number of hydrogen-bond donors (Lipinski definition) is 0. The Balaban J connectivity index is 2.78. The summed E-state index contributed by atoms with van der Waals surface area (Å²) in [5.74, 6) is -2.75. The maximum atomic E-state index is 12.8. The van der Waals surface area contributed by atoms with E-state index in [2.05, 4.69) is 4.74 Å². The molecular formula is C6H9F3O. The molecule has 0 aromatic heterocycles. The summed E-state index contributed by atoms with van der Waals surface area (Å²) in [5.41, 5.74) is -1.16. The molecule has 0 bridgehead atoms. The number of ether oxygens (including phenoxy) is 1. The van der Waals surface area contributed by atoms with Gasteiger partial charge in [0.15, 0.2) is 0 Å². The Kier molecular flexibility index (Phi) is 1.17. The quantitative estimate of drug-likeness (QED) is 0.488. The van der Waals surface area contributed by atoms with Crippen LogP contribution in [0.4, 0.5) is 13.2 Å². The summed E-state index contributed by atoms with van der Waals surface area (Å²) in [7, 11) is 0. The van der Waals surface area contributed by atoms with Crippen molar-refractivity contribution in [2.24, 2.45) is 5.41 Å². The maximum absolute atomic E-state index is 12.8. The highest BCUT2D eigenvalue weighted by atomic mass is 19.3. The zero-order chi connectivity index (χ0) is 8.21. The summed E-state index contributed by atoms with van der Waals surface area (Å²) < 4.78 is 40.6. The molecule has 0 radical (unpaired) electrons. The van der Waals surface area contributed by atoms with Crippen LogP contribution in [-0.2, 0) is 4.74 Å². The average molecular weight is 154 g/mol. The highest BCUT2D eigenvalue weighted by molar-refractivity contribution is 5.01. The molecule has 1 atom stereocenters. The Morgan fingerprint density at radius 2 is 1.40 bits per heavy atom. The SMILES string of the molecule is CC(C)(C)C1(F)OC1(F)F. The second-order valence-corrected chi connectivity index (χ2v) is 3.46. The lowest BCUT2D eigenvalue weighted by Crippen LogP contribution is -2.29. The molecule has 0 aromatic carbocycles. The first-order valence-corrected chi connectivity index (χ1v) is 2.98. The fraction of sp³-hybridized carbons (Fsp3) is 1.00. The van der Waals surface area contributed by atoms with Gasteiger partial charge in [0, 0.05) is 5.41 Å². The van der Waals surface area contributed by atoms with Gasteiger partial charge in [-0.2, -0.15) is 8.78 Å². The first-order valence-electron chi connectivity index (χ1n) is 2.98. The lowest BCUT2D eigenvalue weighted by Gasteiger charge is -2.18. The van der Waals surface area contributed by atoms with E-state index in [1.54, 1.807) is 0 Å². The smallest absolute Gasteiger partial charge is 0.270 e. The Hall–Kier alpha value is -0.250. The van der Waals surface area contributed by atoms with Crippen LogP contribution in [0.1, 0.15) is 20.8 Å². The van der Waals surface area contributed by atoms with Gasteiger partial charge in [0.2, 0.25) is 0 Å². The van der Waals surface area contributed by atoms with Crippen LogP contribution in [-0.4, -0.2) is 12.0 Å². The molecule has 10 heavy (non-hydrogen) atoms. The van der Waals surface area contributed by atoms with Gasteiger partial charge >= 0.3 is 12.0 Å². The topological polar surface area (TPSA) is 12.5 Å². The zero-order valence-corrected chi connectivity index (χ0v) is 6.04. The van der Waals surface area contributed by atoms with Crippen LogP contribution < -0.4 is 0 Å². The molecule has 0 N–H and O–H groups in total. The highest BCUT2D eigenvalue weighted by Gasteiger charge is 2.81. The van der Waals surface area contributed by atoms with Crippen molar-refractivity contribution in [2.45, 2.75) is 32.7 Å². The van der Waals surface area contributed by atoms with Crippen molar-refractivity contribution in [3.05, 3.63) is 0 Å². The van der Waals surface area contributed by atoms with Gasteiger partial charge < -0.3 is 0 Å². The minimum Gasteiger partial charge on any atom is -0.270 e. The molecule has 0 amide bonds. The summed E-state index contributed by atoms with van der Waals surface area (Å²) >= 11 is 0. The summed E-state index contributed by atoms with van der Waals surface area (Å²) in [6.45, 7) is 4.11. The van der Waals surface area contributed by atoms with Crippen LogP contribution in [0.15, 0.2) is 0 Å². The molecule has 4 heteroatoms. The van der Waals surface area contributed by atoms with Crippen molar-refractivity contribution in [1.29, 1.82) is 0 Å². The van der Waals surface area contributed by atoms with Crippen LogP contribution in [0.2, 0.25) is 0 Å². The van der Waals surface area contributed by atoms with E-state index in [0.717, 1.165) is 0 Å². The zero-order valence-electron chi connectivity index (χ0n) is 6.04. The molecular weight excluding hydrogens is 145 g/mol. The Labute approximate surface area is 57.2 Å². The minimum atomic E-state index is -3.58. The molecule has 0 saturated carbocycles. The number of alkyl halides is 3. The van der Waals surface area contributed by atoms with Crippen LogP contribution in [0, 0.1) is 5.41 Å². The normalized spacial score (nSPS) is 37.8. The standard InChI is InChI=1S/C6H9F3O/c1-4(2,3)5(7)6(8,9)10-5/h1-3H3. The Morgan fingerprint density at radius 3 is 1.40 bits per heavy atom. The van der Waals surface area contributed by atoms with Crippen molar-refractivity contribution in [1.82, 2.24) is 0 Å². The third kappa shape index (κ3) is 0.746. The van der Waals surface area contributed by atoms with E-state index in [4.69, 9.17) is 0 Å². The molecule has 60 valence electrons. The first kappa shape index (κ1) is 7.85. The predicted molar refractivity (Wildman–Crippen MR) is 29.3 cm³/mol. The summed E-state index contributed by atoms with van der Waals surface area (Å²) in [5, 5.41) is 0. The molecule has 0 aromatic rings. The van der Waals surface area contributed by atoms with E-state index in [0.29, 0.717) is 0 Å². The Morgan fingerprint density at radius 1 is 1.10 bits per heavy atom. The van der Waals surface area contributed by atoms with Crippen molar-refractivity contribution < 1.29 is 17.9 Å². The third-order valence-electron chi connectivity index (χ3n) is 1.57. The average Bonchev–Trinajstić information content (AvgIpc) is 2.05. The molecule has 0 spiro atoms. The van der Waals surface area contributed by atoms with E-state index in [1.165, 1.54) is 20.8 Å². The first-order chi connectivity index (χ1) is 4.21. The fourth-order valence-electron chi connectivity index (χ4n) is 0.741. The van der Waals surface area contributed by atoms with Crippen LogP contribution in [0.5, 0.6) is 0 Å². The molecule has 1 aliphatic heterocycles. The molecule has 1 rings (SSSR count). The molecule has 1 aliphatic rings. The molecule has 1 unspecified atom stereocenters. The fourth-order valence-corrected chi connectivity index (χ4v) is 0.741. The number of epoxide rings is 1.